The molecule has 0 saturated carbocycles. The van der Waals surface area contributed by atoms with Gasteiger partial charge in [-0.05, 0) is 64.8 Å². The fourth-order valence-corrected chi connectivity index (χ4v) is 2.63. The topological polar surface area (TPSA) is 18.5 Å². The molecule has 0 aliphatic heterocycles. The van der Waals surface area contributed by atoms with Gasteiger partial charge < -0.3 is 9.47 Å². The first-order valence-electron chi connectivity index (χ1n) is 7.93. The lowest BCUT2D eigenvalue weighted by molar-refractivity contribution is 0.239. The molecule has 22 heavy (non-hydrogen) atoms. The summed E-state index contributed by atoms with van der Waals surface area (Å²) in [4.78, 5) is 0. The van der Waals surface area contributed by atoms with Crippen molar-refractivity contribution in [1.82, 2.24) is 0 Å². The van der Waals surface area contributed by atoms with Gasteiger partial charge in [0.2, 0.25) is 0 Å². The summed E-state index contributed by atoms with van der Waals surface area (Å²) in [6, 6.07) is 12.4. The SMILES string of the molecule is Cc1cccc(OC(C)C)c1-c1c(C)cccc1OC(C)C. The highest BCUT2D eigenvalue weighted by Crippen LogP contribution is 2.41. The third-order valence-electron chi connectivity index (χ3n) is 3.44. The summed E-state index contributed by atoms with van der Waals surface area (Å²) in [7, 11) is 0. The van der Waals surface area contributed by atoms with Gasteiger partial charge in [0.05, 0.1) is 12.2 Å². The summed E-state index contributed by atoms with van der Waals surface area (Å²) >= 11 is 0. The van der Waals surface area contributed by atoms with Crippen molar-refractivity contribution in [2.24, 2.45) is 0 Å². The molecular formula is C20H26O2. The first-order chi connectivity index (χ1) is 10.4. The van der Waals surface area contributed by atoms with Crippen LogP contribution < -0.4 is 9.47 Å². The molecule has 0 saturated heterocycles. The summed E-state index contributed by atoms with van der Waals surface area (Å²) in [5, 5.41) is 0. The summed E-state index contributed by atoms with van der Waals surface area (Å²) in [5.74, 6) is 1.83. The van der Waals surface area contributed by atoms with Crippen LogP contribution in [0.4, 0.5) is 0 Å². The van der Waals surface area contributed by atoms with E-state index >= 15 is 0 Å². The smallest absolute Gasteiger partial charge is 0.127 e. The average molecular weight is 298 g/mol. The maximum atomic E-state index is 6.04. The molecule has 2 heteroatoms. The van der Waals surface area contributed by atoms with Crippen molar-refractivity contribution in [2.45, 2.75) is 53.8 Å². The van der Waals surface area contributed by atoms with E-state index in [1.165, 1.54) is 11.1 Å². The minimum absolute atomic E-state index is 0.138. The van der Waals surface area contributed by atoms with Crippen molar-refractivity contribution in [3.63, 3.8) is 0 Å². The molecule has 0 heterocycles. The first kappa shape index (κ1) is 16.4. The Balaban J connectivity index is 2.65. The highest BCUT2D eigenvalue weighted by Gasteiger charge is 2.17. The fourth-order valence-electron chi connectivity index (χ4n) is 2.63. The Morgan fingerprint density at radius 1 is 0.636 bits per heavy atom. The van der Waals surface area contributed by atoms with Crippen molar-refractivity contribution in [2.75, 3.05) is 0 Å². The van der Waals surface area contributed by atoms with Gasteiger partial charge in [0.1, 0.15) is 11.5 Å². The van der Waals surface area contributed by atoms with E-state index in [4.69, 9.17) is 9.47 Å². The summed E-state index contributed by atoms with van der Waals surface area (Å²) in [6.45, 7) is 12.4. The van der Waals surface area contributed by atoms with Gasteiger partial charge >= 0.3 is 0 Å². The molecule has 0 N–H and O–H groups in total. The largest absolute Gasteiger partial charge is 0.490 e. The zero-order valence-corrected chi connectivity index (χ0v) is 14.4. The molecule has 2 aromatic rings. The van der Waals surface area contributed by atoms with E-state index < -0.39 is 0 Å². The van der Waals surface area contributed by atoms with Crippen LogP contribution >= 0.6 is 0 Å². The molecule has 2 nitrogen and oxygen atoms in total. The van der Waals surface area contributed by atoms with E-state index in [0.717, 1.165) is 22.6 Å². The van der Waals surface area contributed by atoms with Crippen LogP contribution in [0.3, 0.4) is 0 Å². The van der Waals surface area contributed by atoms with Crippen LogP contribution in [0, 0.1) is 13.8 Å². The van der Waals surface area contributed by atoms with Crippen LogP contribution in [0.15, 0.2) is 36.4 Å². The Labute approximate surface area is 134 Å². The van der Waals surface area contributed by atoms with Crippen molar-refractivity contribution in [1.29, 1.82) is 0 Å². The number of hydrogen-bond acceptors (Lipinski definition) is 2. The molecule has 0 fully saturated rings. The highest BCUT2D eigenvalue weighted by molar-refractivity contribution is 5.81. The predicted molar refractivity (Wildman–Crippen MR) is 92.9 cm³/mol. The summed E-state index contributed by atoms with van der Waals surface area (Å²) in [6.07, 6.45) is 0.276. The molecule has 0 spiro atoms. The zero-order chi connectivity index (χ0) is 16.3. The number of hydrogen-bond donors (Lipinski definition) is 0. The summed E-state index contributed by atoms with van der Waals surface area (Å²) in [5.41, 5.74) is 4.65. The lowest BCUT2D eigenvalue weighted by Gasteiger charge is -2.21. The minimum atomic E-state index is 0.138. The molecule has 0 unspecified atom stereocenters. The minimum Gasteiger partial charge on any atom is -0.490 e. The maximum Gasteiger partial charge on any atom is 0.127 e. The molecule has 0 aromatic heterocycles. The summed E-state index contributed by atoms with van der Waals surface area (Å²) < 4.78 is 12.1. The number of rotatable bonds is 5. The van der Waals surface area contributed by atoms with Gasteiger partial charge in [-0.2, -0.15) is 0 Å². The molecule has 2 rings (SSSR count). The van der Waals surface area contributed by atoms with E-state index in [0.29, 0.717) is 0 Å². The third kappa shape index (κ3) is 3.62. The fraction of sp³-hybridized carbons (Fsp3) is 0.400. The highest BCUT2D eigenvalue weighted by atomic mass is 16.5. The molecule has 0 aliphatic rings. The van der Waals surface area contributed by atoms with Crippen LogP contribution in [0.2, 0.25) is 0 Å². The Morgan fingerprint density at radius 2 is 1.00 bits per heavy atom. The van der Waals surface area contributed by atoms with Gasteiger partial charge in [0.15, 0.2) is 0 Å². The lowest BCUT2D eigenvalue weighted by atomic mass is 9.94. The van der Waals surface area contributed by atoms with Crippen molar-refractivity contribution < 1.29 is 9.47 Å². The standard InChI is InChI=1S/C20H26O2/c1-13(2)21-17-11-7-9-15(5)19(17)20-16(6)10-8-12-18(20)22-14(3)4/h7-14H,1-6H3. The Morgan fingerprint density at radius 3 is 1.32 bits per heavy atom. The molecule has 118 valence electrons. The Hall–Kier alpha value is -1.96. The van der Waals surface area contributed by atoms with Crippen LogP contribution in [0.5, 0.6) is 11.5 Å². The van der Waals surface area contributed by atoms with E-state index in [2.05, 4.69) is 53.7 Å². The predicted octanol–water partition coefficient (Wildman–Crippen LogP) is 5.54. The van der Waals surface area contributed by atoms with Crippen molar-refractivity contribution in [3.05, 3.63) is 47.5 Å². The van der Waals surface area contributed by atoms with E-state index in [9.17, 15) is 0 Å². The van der Waals surface area contributed by atoms with Crippen molar-refractivity contribution >= 4 is 0 Å². The molecule has 0 aliphatic carbocycles. The second-order valence-electron chi connectivity index (χ2n) is 6.23. The van der Waals surface area contributed by atoms with Gasteiger partial charge in [0, 0.05) is 11.1 Å². The van der Waals surface area contributed by atoms with Gasteiger partial charge in [0.25, 0.3) is 0 Å². The molecule has 0 bridgehead atoms. The van der Waals surface area contributed by atoms with E-state index in [-0.39, 0.29) is 12.2 Å². The first-order valence-corrected chi connectivity index (χ1v) is 7.93. The van der Waals surface area contributed by atoms with Crippen molar-refractivity contribution in [3.8, 4) is 22.6 Å². The van der Waals surface area contributed by atoms with Crippen LogP contribution in [0.25, 0.3) is 11.1 Å². The van der Waals surface area contributed by atoms with Gasteiger partial charge in [-0.15, -0.1) is 0 Å². The van der Waals surface area contributed by atoms with Crippen LogP contribution in [-0.4, -0.2) is 12.2 Å². The van der Waals surface area contributed by atoms with Gasteiger partial charge in [-0.25, -0.2) is 0 Å². The zero-order valence-electron chi connectivity index (χ0n) is 14.4. The number of benzene rings is 2. The quantitative estimate of drug-likeness (QED) is 0.721. The monoisotopic (exact) mass is 298 g/mol. The van der Waals surface area contributed by atoms with Crippen LogP contribution in [-0.2, 0) is 0 Å². The Kier molecular flexibility index (Phi) is 5.12. The molecule has 0 radical (unpaired) electrons. The molecule has 0 amide bonds. The molecule has 2 aromatic carbocycles. The molecule has 0 atom stereocenters. The third-order valence-corrected chi connectivity index (χ3v) is 3.44. The van der Waals surface area contributed by atoms with E-state index in [1.807, 2.05) is 24.3 Å². The average Bonchev–Trinajstić information content (AvgIpc) is 2.40. The normalized spacial score (nSPS) is 11.1. The van der Waals surface area contributed by atoms with Gasteiger partial charge in [-0.3, -0.25) is 0 Å². The molecular weight excluding hydrogens is 272 g/mol. The lowest BCUT2D eigenvalue weighted by Crippen LogP contribution is -2.09. The number of ether oxygens (including phenoxy) is 2. The van der Waals surface area contributed by atoms with Crippen LogP contribution in [0.1, 0.15) is 38.8 Å². The second kappa shape index (κ2) is 6.87. The Bertz CT molecular complexity index is 585. The van der Waals surface area contributed by atoms with E-state index in [1.54, 1.807) is 0 Å². The maximum absolute atomic E-state index is 6.04. The second-order valence-corrected chi connectivity index (χ2v) is 6.23. The van der Waals surface area contributed by atoms with Gasteiger partial charge in [-0.1, -0.05) is 24.3 Å². The number of aryl methyl sites for hydroxylation is 2.